The third-order valence-corrected chi connectivity index (χ3v) is 2.16. The first-order valence-corrected chi connectivity index (χ1v) is 5.04. The summed E-state index contributed by atoms with van der Waals surface area (Å²) in [7, 11) is 1.62. The van der Waals surface area contributed by atoms with Crippen molar-refractivity contribution in [1.29, 1.82) is 0 Å². The van der Waals surface area contributed by atoms with E-state index in [0.717, 1.165) is 21.5 Å². The first-order chi connectivity index (χ1) is 6.15. The molecule has 0 aliphatic carbocycles. The number of hydrogen-bond acceptors (Lipinski definition) is 2. The highest BCUT2D eigenvalue weighted by atomic mass is 79.9. The summed E-state index contributed by atoms with van der Waals surface area (Å²) in [6.07, 6.45) is 0. The lowest BCUT2D eigenvalue weighted by Crippen LogP contribution is -1.92. The maximum Gasteiger partial charge on any atom is 0.135 e. The number of halogens is 1. The number of hydrogen-bond donors (Lipinski definition) is 1. The molecular weight excluding hydrogens is 230 g/mol. The van der Waals surface area contributed by atoms with E-state index in [1.807, 2.05) is 26.8 Å². The van der Waals surface area contributed by atoms with E-state index < -0.39 is 0 Å². The molecule has 3 heteroatoms. The third kappa shape index (κ3) is 3.27. The molecular formula is C10H16BrNO. The van der Waals surface area contributed by atoms with Gasteiger partial charge in [-0.1, -0.05) is 13.8 Å². The number of aryl methyl sites for hydroxylation is 1. The van der Waals surface area contributed by atoms with Crippen LogP contribution in [0.3, 0.4) is 0 Å². The van der Waals surface area contributed by atoms with Crippen LogP contribution in [0.4, 0.5) is 5.69 Å². The molecule has 0 aliphatic heterocycles. The molecule has 1 aromatic rings. The summed E-state index contributed by atoms with van der Waals surface area (Å²) in [4.78, 5) is 0. The van der Waals surface area contributed by atoms with E-state index in [0.29, 0.717) is 0 Å². The molecule has 0 fully saturated rings. The number of methoxy groups -OCH3 is 1. The Morgan fingerprint density at radius 3 is 2.31 bits per heavy atom. The normalized spacial score (nSPS) is 8.69. The standard InChI is InChI=1S/C8H10BrNO.C2H6/c1-5-3-6(9)8(11-2)4-7(5)10;1-2/h3-4H,10H2,1-2H3;1-2H3. The van der Waals surface area contributed by atoms with E-state index in [1.165, 1.54) is 0 Å². The summed E-state index contributed by atoms with van der Waals surface area (Å²) < 4.78 is 5.99. The lowest BCUT2D eigenvalue weighted by molar-refractivity contribution is 0.412. The van der Waals surface area contributed by atoms with Crippen molar-refractivity contribution in [2.75, 3.05) is 12.8 Å². The molecule has 2 nitrogen and oxygen atoms in total. The van der Waals surface area contributed by atoms with Crippen molar-refractivity contribution in [2.45, 2.75) is 20.8 Å². The fourth-order valence-corrected chi connectivity index (χ4v) is 1.44. The van der Waals surface area contributed by atoms with Gasteiger partial charge in [0.25, 0.3) is 0 Å². The van der Waals surface area contributed by atoms with E-state index in [-0.39, 0.29) is 0 Å². The molecule has 0 spiro atoms. The first kappa shape index (κ1) is 12.3. The summed E-state index contributed by atoms with van der Waals surface area (Å²) in [5.74, 6) is 0.771. The minimum Gasteiger partial charge on any atom is -0.495 e. The van der Waals surface area contributed by atoms with Crippen molar-refractivity contribution in [3.05, 3.63) is 22.2 Å². The number of benzene rings is 1. The first-order valence-electron chi connectivity index (χ1n) is 4.24. The van der Waals surface area contributed by atoms with Crippen molar-refractivity contribution < 1.29 is 4.74 Å². The van der Waals surface area contributed by atoms with Gasteiger partial charge >= 0.3 is 0 Å². The zero-order valence-corrected chi connectivity index (χ0v) is 10.1. The topological polar surface area (TPSA) is 35.2 Å². The van der Waals surface area contributed by atoms with Crippen LogP contribution in [0, 0.1) is 6.92 Å². The highest BCUT2D eigenvalue weighted by Gasteiger charge is 2.01. The lowest BCUT2D eigenvalue weighted by Gasteiger charge is -2.06. The Morgan fingerprint density at radius 1 is 1.31 bits per heavy atom. The molecule has 13 heavy (non-hydrogen) atoms. The number of anilines is 1. The van der Waals surface area contributed by atoms with Gasteiger partial charge in [0, 0.05) is 11.8 Å². The Morgan fingerprint density at radius 2 is 1.85 bits per heavy atom. The van der Waals surface area contributed by atoms with Gasteiger partial charge in [-0.2, -0.15) is 0 Å². The average Bonchev–Trinajstić information content (AvgIpc) is 2.15. The van der Waals surface area contributed by atoms with Crippen LogP contribution in [0.2, 0.25) is 0 Å². The highest BCUT2D eigenvalue weighted by Crippen LogP contribution is 2.29. The quantitative estimate of drug-likeness (QED) is 0.771. The van der Waals surface area contributed by atoms with Gasteiger partial charge in [-0.05, 0) is 34.5 Å². The zero-order chi connectivity index (χ0) is 10.4. The highest BCUT2D eigenvalue weighted by molar-refractivity contribution is 9.10. The molecule has 0 aliphatic rings. The van der Waals surface area contributed by atoms with Crippen LogP contribution in [0.5, 0.6) is 5.75 Å². The minimum atomic E-state index is 0.755. The predicted molar refractivity (Wildman–Crippen MR) is 61.2 cm³/mol. The SMILES string of the molecule is CC.COc1cc(N)c(C)cc1Br. The third-order valence-electron chi connectivity index (χ3n) is 1.54. The van der Waals surface area contributed by atoms with Crippen molar-refractivity contribution in [1.82, 2.24) is 0 Å². The van der Waals surface area contributed by atoms with Gasteiger partial charge in [0.05, 0.1) is 11.6 Å². The fraction of sp³-hybridized carbons (Fsp3) is 0.400. The summed E-state index contributed by atoms with van der Waals surface area (Å²) in [6.45, 7) is 5.96. The molecule has 0 radical (unpaired) electrons. The molecule has 0 unspecified atom stereocenters. The van der Waals surface area contributed by atoms with Crippen LogP contribution in [0.25, 0.3) is 0 Å². The van der Waals surface area contributed by atoms with E-state index in [1.54, 1.807) is 13.2 Å². The summed E-state index contributed by atoms with van der Waals surface area (Å²) in [5, 5.41) is 0. The van der Waals surface area contributed by atoms with E-state index in [9.17, 15) is 0 Å². The fourth-order valence-electron chi connectivity index (χ4n) is 0.825. The Labute approximate surface area is 88.2 Å². The van der Waals surface area contributed by atoms with E-state index in [4.69, 9.17) is 10.5 Å². The maximum absolute atomic E-state index is 5.66. The second-order valence-electron chi connectivity index (χ2n) is 2.34. The molecule has 1 aromatic carbocycles. The largest absolute Gasteiger partial charge is 0.495 e. The van der Waals surface area contributed by atoms with Crippen LogP contribution >= 0.6 is 15.9 Å². The summed E-state index contributed by atoms with van der Waals surface area (Å²) in [5.41, 5.74) is 7.47. The summed E-state index contributed by atoms with van der Waals surface area (Å²) in [6, 6.07) is 3.74. The van der Waals surface area contributed by atoms with Crippen molar-refractivity contribution in [3.8, 4) is 5.75 Å². The monoisotopic (exact) mass is 245 g/mol. The second kappa shape index (κ2) is 5.86. The minimum absolute atomic E-state index is 0.755. The van der Waals surface area contributed by atoms with Crippen molar-refractivity contribution >= 4 is 21.6 Å². The van der Waals surface area contributed by atoms with Crippen molar-refractivity contribution in [3.63, 3.8) is 0 Å². The number of rotatable bonds is 1. The van der Waals surface area contributed by atoms with Gasteiger partial charge < -0.3 is 10.5 Å². The maximum atomic E-state index is 5.66. The molecule has 0 saturated heterocycles. The Kier molecular flexibility index (Phi) is 5.55. The molecule has 1 rings (SSSR count). The number of nitrogen functional groups attached to an aromatic ring is 1. The van der Waals surface area contributed by atoms with Gasteiger partial charge in [-0.15, -0.1) is 0 Å². The second-order valence-corrected chi connectivity index (χ2v) is 3.20. The molecule has 0 amide bonds. The zero-order valence-electron chi connectivity index (χ0n) is 8.52. The van der Waals surface area contributed by atoms with Gasteiger partial charge in [-0.25, -0.2) is 0 Å². The molecule has 0 aromatic heterocycles. The van der Waals surface area contributed by atoms with Gasteiger partial charge in [-0.3, -0.25) is 0 Å². The molecule has 0 saturated carbocycles. The van der Waals surface area contributed by atoms with Crippen LogP contribution in [0.1, 0.15) is 19.4 Å². The Balaban J connectivity index is 0.000000671. The Hall–Kier alpha value is -0.700. The van der Waals surface area contributed by atoms with Gasteiger partial charge in [0.15, 0.2) is 0 Å². The smallest absolute Gasteiger partial charge is 0.135 e. The number of ether oxygens (including phenoxy) is 1. The Bertz CT molecular complexity index is 274. The molecule has 2 N–H and O–H groups in total. The van der Waals surface area contributed by atoms with E-state index in [2.05, 4.69) is 15.9 Å². The van der Waals surface area contributed by atoms with Crippen molar-refractivity contribution in [2.24, 2.45) is 0 Å². The van der Waals surface area contributed by atoms with Crippen LogP contribution in [-0.2, 0) is 0 Å². The van der Waals surface area contributed by atoms with Gasteiger partial charge in [0.1, 0.15) is 5.75 Å². The van der Waals surface area contributed by atoms with Crippen LogP contribution in [0.15, 0.2) is 16.6 Å². The van der Waals surface area contributed by atoms with E-state index >= 15 is 0 Å². The molecule has 74 valence electrons. The number of nitrogens with two attached hydrogens (primary N) is 1. The molecule has 0 bridgehead atoms. The lowest BCUT2D eigenvalue weighted by atomic mass is 10.2. The predicted octanol–water partition coefficient (Wildman–Crippen LogP) is 3.37. The summed E-state index contributed by atoms with van der Waals surface area (Å²) >= 11 is 3.36. The van der Waals surface area contributed by atoms with Gasteiger partial charge in [0.2, 0.25) is 0 Å². The van der Waals surface area contributed by atoms with Crippen LogP contribution in [-0.4, -0.2) is 7.11 Å². The molecule has 0 heterocycles. The van der Waals surface area contributed by atoms with Crippen LogP contribution < -0.4 is 10.5 Å². The average molecular weight is 246 g/mol. The molecule has 0 atom stereocenters.